The summed E-state index contributed by atoms with van der Waals surface area (Å²) in [6.45, 7) is 24.8. The van der Waals surface area contributed by atoms with E-state index in [-0.39, 0.29) is 46.1 Å². The van der Waals surface area contributed by atoms with Gasteiger partial charge in [-0.2, -0.15) is 0 Å². The molecule has 6 nitrogen and oxygen atoms in total. The van der Waals surface area contributed by atoms with Crippen LogP contribution in [0.1, 0.15) is 170 Å². The molecule has 378 valence electrons. The van der Waals surface area contributed by atoms with Crippen LogP contribution in [0.4, 0.5) is 0 Å². The molecule has 3 saturated heterocycles. The summed E-state index contributed by atoms with van der Waals surface area (Å²) in [6.07, 6.45) is 14.5. The summed E-state index contributed by atoms with van der Waals surface area (Å²) in [7, 11) is -1.25. The van der Waals surface area contributed by atoms with Gasteiger partial charge in [-0.25, -0.2) is 0 Å². The highest BCUT2D eigenvalue weighted by Gasteiger charge is 2.66. The molecule has 8 saturated carbocycles. The first-order chi connectivity index (χ1) is 33.9. The molecule has 0 radical (unpaired) electrons. The molecular weight excluding hydrogens is 909 g/mol. The zero-order valence-electron chi connectivity index (χ0n) is 45.3. The topological polar surface area (TPSA) is 55.4 Å². The van der Waals surface area contributed by atoms with E-state index in [0.29, 0.717) is 5.41 Å². The van der Waals surface area contributed by atoms with Gasteiger partial charge >= 0.3 is 21.1 Å². The molecule has 3 aliphatic heterocycles. The molecule has 0 N–H and O–H groups in total. The minimum atomic E-state index is -0.476. The van der Waals surface area contributed by atoms with Gasteiger partial charge in [0.1, 0.15) is 0 Å². The van der Waals surface area contributed by atoms with E-state index in [1.165, 1.54) is 86.5 Å². The van der Waals surface area contributed by atoms with Gasteiger partial charge in [0.2, 0.25) is 0 Å². The van der Waals surface area contributed by atoms with Crippen LogP contribution in [0.15, 0.2) is 84.9 Å². The van der Waals surface area contributed by atoms with Crippen molar-refractivity contribution in [2.45, 2.75) is 192 Å². The Morgan fingerprint density at radius 1 is 0.361 bits per heavy atom. The number of hydrogen-bond donors (Lipinski definition) is 0. The smallest absolute Gasteiger partial charge is 0.405 e. The van der Waals surface area contributed by atoms with E-state index in [1.807, 2.05) is 55.4 Å². The second-order valence-corrected chi connectivity index (χ2v) is 28.2. The van der Waals surface area contributed by atoms with E-state index >= 15 is 0 Å². The average Bonchev–Trinajstić information content (AvgIpc) is 3.98. The third-order valence-corrected chi connectivity index (χ3v) is 22.6. The number of hydrogen-bond acceptors (Lipinski definition) is 6. The van der Waals surface area contributed by atoms with Gasteiger partial charge < -0.3 is 27.9 Å². The summed E-state index contributed by atoms with van der Waals surface area (Å²) >= 11 is 6.37. The number of fused-ring (bicyclic) bond motifs is 6. The van der Waals surface area contributed by atoms with Crippen LogP contribution >= 0.6 is 11.6 Å². The van der Waals surface area contributed by atoms with Gasteiger partial charge in [-0.15, -0.1) is 0 Å². The van der Waals surface area contributed by atoms with E-state index in [4.69, 9.17) is 39.5 Å². The lowest BCUT2D eigenvalue weighted by atomic mass is 9.43. The zero-order valence-corrected chi connectivity index (χ0v) is 46.1. The summed E-state index contributed by atoms with van der Waals surface area (Å²) in [5, 5.41) is 0.874. The minimum absolute atomic E-state index is 0.244. The lowest BCUT2D eigenvalue weighted by molar-refractivity contribution is -0.0399. The third-order valence-electron chi connectivity index (χ3n) is 22.4. The monoisotopic (exact) mass is 987 g/mol. The summed E-state index contributed by atoms with van der Waals surface area (Å²) in [5.41, 5.74) is 11.8. The normalized spacial score (nSPS) is 36.8. The molecule has 72 heavy (non-hydrogen) atoms. The van der Waals surface area contributed by atoms with Crippen molar-refractivity contribution < 1.29 is 27.9 Å². The van der Waals surface area contributed by atoms with Gasteiger partial charge in [0.05, 0.1) is 33.6 Å². The number of benzene rings is 4. The molecule has 2 spiro atoms. The Bertz CT molecular complexity index is 2690. The molecule has 10 aliphatic carbocycles. The fraction of sp³-hybridized carbons (Fsp3) is 0.613. The number of rotatable bonds is 2. The van der Waals surface area contributed by atoms with Crippen molar-refractivity contribution in [3.63, 3.8) is 0 Å². The van der Waals surface area contributed by atoms with Crippen LogP contribution in [0, 0.1) is 47.3 Å². The highest BCUT2D eigenvalue weighted by atomic mass is 35.5. The predicted octanol–water partition coefficient (Wildman–Crippen LogP) is 14.0. The van der Waals surface area contributed by atoms with Gasteiger partial charge in [0, 0.05) is 15.9 Å². The lowest BCUT2D eigenvalue weighted by Gasteiger charge is -2.61. The third kappa shape index (κ3) is 6.91. The maximum absolute atomic E-state index is 6.41. The van der Waals surface area contributed by atoms with Gasteiger partial charge in [-0.3, -0.25) is 0 Å². The molecule has 8 bridgehead atoms. The average molecular weight is 987 g/mol. The quantitative estimate of drug-likeness (QED) is 0.187. The second-order valence-electron chi connectivity index (χ2n) is 27.8. The Kier molecular flexibility index (Phi) is 10.9. The van der Waals surface area contributed by atoms with Gasteiger partial charge in [0.15, 0.2) is 0 Å². The van der Waals surface area contributed by atoms with Crippen LogP contribution in [0.3, 0.4) is 0 Å². The fourth-order valence-electron chi connectivity index (χ4n) is 17.4. The molecule has 0 aromatic heterocycles. The summed E-state index contributed by atoms with van der Waals surface area (Å²) < 4.78 is 36.7. The van der Waals surface area contributed by atoms with Crippen molar-refractivity contribution in [1.29, 1.82) is 0 Å². The zero-order chi connectivity index (χ0) is 50.3. The Morgan fingerprint density at radius 2 is 0.681 bits per heavy atom. The molecule has 0 unspecified atom stereocenters. The molecule has 13 aliphatic rings. The Morgan fingerprint density at radius 3 is 1.07 bits per heavy atom. The minimum Gasteiger partial charge on any atom is -0.405 e. The van der Waals surface area contributed by atoms with Crippen molar-refractivity contribution in [2.75, 3.05) is 0 Å². The van der Waals surface area contributed by atoms with Crippen LogP contribution in [0.25, 0.3) is 22.3 Å². The largest absolute Gasteiger partial charge is 0.494 e. The van der Waals surface area contributed by atoms with Crippen LogP contribution in [0.2, 0.25) is 5.02 Å². The van der Waals surface area contributed by atoms with Crippen molar-refractivity contribution in [3.05, 3.63) is 112 Å². The Balaban J connectivity index is 0.000000110. The van der Waals surface area contributed by atoms with E-state index in [9.17, 15) is 0 Å². The van der Waals surface area contributed by atoms with E-state index in [2.05, 4.69) is 113 Å². The summed E-state index contributed by atoms with van der Waals surface area (Å²) in [5.74, 6) is 7.30. The van der Waals surface area contributed by atoms with E-state index in [0.717, 1.165) is 57.8 Å². The molecule has 4 aromatic rings. The fourth-order valence-corrected chi connectivity index (χ4v) is 17.6. The van der Waals surface area contributed by atoms with Crippen molar-refractivity contribution in [3.8, 4) is 22.3 Å². The maximum atomic E-state index is 6.41. The Labute approximate surface area is 437 Å². The standard InChI is InChI=1S/C28H33BO2.C22H21Cl.C12H24B2O4/c1-26(2)27(3,4)31-29(30-26)21-9-10-25-23(16-21)22-7-5-6-8-24(22)28(25)19-12-17-11-18(14-19)15-20(28)13-17;23-17-5-6-21-19(12-17)18-3-1-2-4-20(18)22(21)15-8-13-7-14(10-15)11-16(22)9-13;1-9(2)10(3,4)16-13(15-9)14-17-11(5,6)12(7,8)18-14/h5-10,16-20H,11-15H2,1-4H3;1-6,12-16H,7-11H2;1-8H3. The molecule has 0 amide bonds. The number of halogens is 1. The first-order valence-corrected chi connectivity index (χ1v) is 28.5. The van der Waals surface area contributed by atoms with Gasteiger partial charge in [-0.1, -0.05) is 84.4 Å². The van der Waals surface area contributed by atoms with Crippen LogP contribution in [-0.2, 0) is 38.8 Å². The summed E-state index contributed by atoms with van der Waals surface area (Å²) in [6, 6.07) is 32.4. The first-order valence-electron chi connectivity index (χ1n) is 28.2. The SMILES string of the molecule is CC1(C)OB(B2OC(C)(C)C(C)(C)O2)OC1(C)C.CC1(C)OB(c2ccc3c(c2)-c2ccccc2C32C3CC4CC(C3)CC2C4)OC1(C)C.Clc1ccc2c(c1)-c1ccccc1C21C2CC3CC(C2)CC1C3. The molecule has 10 heteroatoms. The molecule has 17 rings (SSSR count). The molecular formula is C62H78B3ClO6. The Hall–Kier alpha value is -2.88. The van der Waals surface area contributed by atoms with Crippen molar-refractivity contribution in [1.82, 2.24) is 0 Å². The first kappa shape index (κ1) is 48.7. The highest BCUT2D eigenvalue weighted by Crippen LogP contribution is 2.71. The molecule has 3 heterocycles. The second kappa shape index (κ2) is 16.1. The summed E-state index contributed by atoms with van der Waals surface area (Å²) in [4.78, 5) is 0. The van der Waals surface area contributed by atoms with E-state index in [1.54, 1.807) is 22.3 Å². The lowest BCUT2D eigenvalue weighted by Crippen LogP contribution is -2.55. The maximum Gasteiger partial charge on any atom is 0.494 e. The molecule has 0 atom stereocenters. The van der Waals surface area contributed by atoms with Gasteiger partial charge in [0.25, 0.3) is 0 Å². The highest BCUT2D eigenvalue weighted by molar-refractivity contribution is 7.11. The van der Waals surface area contributed by atoms with Crippen LogP contribution in [0.5, 0.6) is 0 Å². The molecule has 11 fully saturated rings. The predicted molar refractivity (Wildman–Crippen MR) is 292 cm³/mol. The van der Waals surface area contributed by atoms with Crippen molar-refractivity contribution >= 4 is 38.2 Å². The van der Waals surface area contributed by atoms with Crippen LogP contribution in [-0.4, -0.2) is 54.7 Å². The molecule has 4 aromatic carbocycles. The van der Waals surface area contributed by atoms with E-state index < -0.39 is 14.0 Å². The van der Waals surface area contributed by atoms with Crippen molar-refractivity contribution in [2.24, 2.45) is 47.3 Å². The van der Waals surface area contributed by atoms with Gasteiger partial charge in [-0.05, 0) is 257 Å². The van der Waals surface area contributed by atoms with Crippen LogP contribution < -0.4 is 5.46 Å².